The molecule has 0 aliphatic carbocycles. The standard InChI is InChI=1S/C10H9N3O/c14-6-9-11-7-12-10(13-9)8-4-2-1-3-5-8/h1-5,7,14H,6H2. The molecule has 70 valence electrons. The molecule has 14 heavy (non-hydrogen) atoms. The predicted octanol–water partition coefficient (Wildman–Crippen LogP) is 1.03. The number of aliphatic hydroxyl groups excluding tert-OH is 1. The average molecular weight is 187 g/mol. The molecular weight excluding hydrogens is 178 g/mol. The molecule has 2 rings (SSSR count). The Bertz CT molecular complexity index is 417. The summed E-state index contributed by atoms with van der Waals surface area (Å²) >= 11 is 0. The predicted molar refractivity (Wildman–Crippen MR) is 51.2 cm³/mol. The van der Waals surface area contributed by atoms with Gasteiger partial charge in [0.1, 0.15) is 12.9 Å². The van der Waals surface area contributed by atoms with Crippen molar-refractivity contribution < 1.29 is 5.11 Å². The van der Waals surface area contributed by atoms with Crippen LogP contribution in [0.15, 0.2) is 36.7 Å². The number of hydrogen-bond acceptors (Lipinski definition) is 4. The van der Waals surface area contributed by atoms with Gasteiger partial charge in [-0.1, -0.05) is 30.3 Å². The normalized spacial score (nSPS) is 10.1. The van der Waals surface area contributed by atoms with Crippen LogP contribution in [0.1, 0.15) is 5.82 Å². The Morgan fingerprint density at radius 3 is 2.57 bits per heavy atom. The van der Waals surface area contributed by atoms with Crippen molar-refractivity contribution in [3.63, 3.8) is 0 Å². The molecule has 0 bridgehead atoms. The minimum absolute atomic E-state index is 0.164. The third-order valence-corrected chi connectivity index (χ3v) is 1.80. The van der Waals surface area contributed by atoms with E-state index in [2.05, 4.69) is 15.0 Å². The summed E-state index contributed by atoms with van der Waals surface area (Å²) in [6.07, 6.45) is 1.40. The van der Waals surface area contributed by atoms with E-state index in [9.17, 15) is 0 Å². The van der Waals surface area contributed by atoms with Crippen LogP contribution in [-0.2, 0) is 6.61 Å². The summed E-state index contributed by atoms with van der Waals surface area (Å²) in [4.78, 5) is 11.9. The van der Waals surface area contributed by atoms with Gasteiger partial charge in [0.05, 0.1) is 0 Å². The van der Waals surface area contributed by atoms with Gasteiger partial charge in [0, 0.05) is 5.56 Å². The molecule has 0 aliphatic rings. The molecule has 0 saturated carbocycles. The summed E-state index contributed by atoms with van der Waals surface area (Å²) < 4.78 is 0. The first kappa shape index (κ1) is 8.77. The van der Waals surface area contributed by atoms with Crippen LogP contribution in [0.3, 0.4) is 0 Å². The van der Waals surface area contributed by atoms with E-state index in [1.54, 1.807) is 0 Å². The third kappa shape index (κ3) is 1.75. The summed E-state index contributed by atoms with van der Waals surface area (Å²) in [6.45, 7) is -0.164. The molecule has 0 radical (unpaired) electrons. The van der Waals surface area contributed by atoms with Crippen molar-refractivity contribution >= 4 is 0 Å². The Morgan fingerprint density at radius 1 is 1.07 bits per heavy atom. The maximum Gasteiger partial charge on any atom is 0.163 e. The van der Waals surface area contributed by atoms with Gasteiger partial charge in [0.2, 0.25) is 0 Å². The van der Waals surface area contributed by atoms with E-state index >= 15 is 0 Å². The van der Waals surface area contributed by atoms with Crippen LogP contribution in [0.4, 0.5) is 0 Å². The number of benzene rings is 1. The second kappa shape index (κ2) is 3.93. The van der Waals surface area contributed by atoms with E-state index in [1.807, 2.05) is 30.3 Å². The number of aliphatic hydroxyl groups is 1. The van der Waals surface area contributed by atoms with Crippen LogP contribution >= 0.6 is 0 Å². The van der Waals surface area contributed by atoms with Gasteiger partial charge in [-0.15, -0.1) is 0 Å². The van der Waals surface area contributed by atoms with Crippen LogP contribution in [0.2, 0.25) is 0 Å². The van der Waals surface area contributed by atoms with Gasteiger partial charge in [0.15, 0.2) is 11.6 Å². The average Bonchev–Trinajstić information content (AvgIpc) is 2.30. The van der Waals surface area contributed by atoms with Gasteiger partial charge in [0.25, 0.3) is 0 Å². The van der Waals surface area contributed by atoms with Gasteiger partial charge in [-0.25, -0.2) is 15.0 Å². The van der Waals surface area contributed by atoms with E-state index in [0.717, 1.165) is 5.56 Å². The minimum atomic E-state index is -0.164. The Hall–Kier alpha value is -1.81. The first-order valence-electron chi connectivity index (χ1n) is 4.24. The topological polar surface area (TPSA) is 58.9 Å². The fraction of sp³-hybridized carbons (Fsp3) is 0.100. The second-order valence-electron chi connectivity index (χ2n) is 2.75. The minimum Gasteiger partial charge on any atom is -0.388 e. The molecule has 0 fully saturated rings. The lowest BCUT2D eigenvalue weighted by molar-refractivity contribution is 0.271. The monoisotopic (exact) mass is 187 g/mol. The fourth-order valence-corrected chi connectivity index (χ4v) is 1.13. The number of nitrogens with zero attached hydrogens (tertiary/aromatic N) is 3. The summed E-state index contributed by atoms with van der Waals surface area (Å²) in [6, 6.07) is 9.58. The van der Waals surface area contributed by atoms with E-state index in [4.69, 9.17) is 5.11 Å². The molecular formula is C10H9N3O. The molecule has 0 unspecified atom stereocenters. The third-order valence-electron chi connectivity index (χ3n) is 1.80. The number of hydrogen-bond donors (Lipinski definition) is 1. The Kier molecular flexibility index (Phi) is 2.46. The molecule has 0 aliphatic heterocycles. The fourth-order valence-electron chi connectivity index (χ4n) is 1.13. The van der Waals surface area contributed by atoms with Crippen molar-refractivity contribution in [2.24, 2.45) is 0 Å². The lowest BCUT2D eigenvalue weighted by atomic mass is 10.2. The highest BCUT2D eigenvalue weighted by atomic mass is 16.3. The zero-order valence-corrected chi connectivity index (χ0v) is 7.46. The summed E-state index contributed by atoms with van der Waals surface area (Å²) in [5.74, 6) is 0.975. The van der Waals surface area contributed by atoms with E-state index < -0.39 is 0 Å². The molecule has 0 spiro atoms. The van der Waals surface area contributed by atoms with Gasteiger partial charge < -0.3 is 5.11 Å². The lowest BCUT2D eigenvalue weighted by Crippen LogP contribution is -1.98. The molecule has 1 heterocycles. The molecule has 1 aromatic carbocycles. The highest BCUT2D eigenvalue weighted by Gasteiger charge is 2.01. The molecule has 0 saturated heterocycles. The van der Waals surface area contributed by atoms with Crippen molar-refractivity contribution in [1.29, 1.82) is 0 Å². The van der Waals surface area contributed by atoms with Crippen molar-refractivity contribution in [1.82, 2.24) is 15.0 Å². The van der Waals surface area contributed by atoms with Crippen molar-refractivity contribution in [3.05, 3.63) is 42.5 Å². The van der Waals surface area contributed by atoms with Gasteiger partial charge >= 0.3 is 0 Å². The van der Waals surface area contributed by atoms with E-state index in [0.29, 0.717) is 11.6 Å². The zero-order chi connectivity index (χ0) is 9.80. The molecule has 0 amide bonds. The molecule has 1 aromatic heterocycles. The molecule has 4 nitrogen and oxygen atoms in total. The highest BCUT2D eigenvalue weighted by Crippen LogP contribution is 2.12. The molecule has 4 heteroatoms. The van der Waals surface area contributed by atoms with Crippen LogP contribution in [0.25, 0.3) is 11.4 Å². The maximum atomic E-state index is 8.86. The number of aromatic nitrogens is 3. The number of rotatable bonds is 2. The molecule has 0 atom stereocenters. The Balaban J connectivity index is 2.42. The maximum absolute atomic E-state index is 8.86. The van der Waals surface area contributed by atoms with E-state index in [1.165, 1.54) is 6.33 Å². The first-order chi connectivity index (χ1) is 6.90. The molecule has 2 aromatic rings. The SMILES string of the molecule is OCc1ncnc(-c2ccccc2)n1. The van der Waals surface area contributed by atoms with Crippen LogP contribution in [0.5, 0.6) is 0 Å². The zero-order valence-electron chi connectivity index (χ0n) is 7.46. The van der Waals surface area contributed by atoms with Crippen LogP contribution in [-0.4, -0.2) is 20.1 Å². The molecule has 1 N–H and O–H groups in total. The largest absolute Gasteiger partial charge is 0.388 e. The Morgan fingerprint density at radius 2 is 1.86 bits per heavy atom. The van der Waals surface area contributed by atoms with E-state index in [-0.39, 0.29) is 6.61 Å². The van der Waals surface area contributed by atoms with Crippen molar-refractivity contribution in [3.8, 4) is 11.4 Å². The van der Waals surface area contributed by atoms with Gasteiger partial charge in [-0.05, 0) is 0 Å². The summed E-state index contributed by atoms with van der Waals surface area (Å²) in [5.41, 5.74) is 0.921. The van der Waals surface area contributed by atoms with Crippen molar-refractivity contribution in [2.45, 2.75) is 6.61 Å². The van der Waals surface area contributed by atoms with Crippen molar-refractivity contribution in [2.75, 3.05) is 0 Å². The second-order valence-corrected chi connectivity index (χ2v) is 2.75. The first-order valence-corrected chi connectivity index (χ1v) is 4.24. The Labute approximate surface area is 81.3 Å². The van der Waals surface area contributed by atoms with Gasteiger partial charge in [-0.3, -0.25) is 0 Å². The van der Waals surface area contributed by atoms with Gasteiger partial charge in [-0.2, -0.15) is 0 Å². The summed E-state index contributed by atoms with van der Waals surface area (Å²) in [5, 5.41) is 8.86. The highest BCUT2D eigenvalue weighted by molar-refractivity contribution is 5.53. The van der Waals surface area contributed by atoms with Crippen LogP contribution in [0, 0.1) is 0 Å². The lowest BCUT2D eigenvalue weighted by Gasteiger charge is -1.99. The smallest absolute Gasteiger partial charge is 0.163 e. The summed E-state index contributed by atoms with van der Waals surface area (Å²) in [7, 11) is 0. The quantitative estimate of drug-likeness (QED) is 0.762. The van der Waals surface area contributed by atoms with Crippen LogP contribution < -0.4 is 0 Å².